The van der Waals surface area contributed by atoms with Gasteiger partial charge in [0.25, 0.3) is 0 Å². The van der Waals surface area contributed by atoms with Gasteiger partial charge in [0.15, 0.2) is 0 Å². The van der Waals surface area contributed by atoms with E-state index in [1.54, 1.807) is 0 Å². The molecule has 4 N–H and O–H groups in total. The van der Waals surface area contributed by atoms with Crippen molar-refractivity contribution in [2.24, 2.45) is 0 Å². The standard InChI is InChI=1S/C14H14N4OS/c15-14-17-12(10-6-7-20-13(10)18-14)16-11(8-19)9-4-2-1-3-5-9/h1-7,11,19H,8H2,(H3,15,16,17,18). The van der Waals surface area contributed by atoms with Crippen molar-refractivity contribution in [2.75, 3.05) is 17.7 Å². The van der Waals surface area contributed by atoms with Crippen molar-refractivity contribution < 1.29 is 5.11 Å². The Labute approximate surface area is 120 Å². The summed E-state index contributed by atoms with van der Waals surface area (Å²) < 4.78 is 0. The number of nitrogens with two attached hydrogens (primary N) is 1. The summed E-state index contributed by atoms with van der Waals surface area (Å²) >= 11 is 1.51. The van der Waals surface area contributed by atoms with Crippen molar-refractivity contribution in [3.63, 3.8) is 0 Å². The van der Waals surface area contributed by atoms with Gasteiger partial charge in [-0.2, -0.15) is 4.98 Å². The van der Waals surface area contributed by atoms with Gasteiger partial charge >= 0.3 is 0 Å². The zero-order valence-electron chi connectivity index (χ0n) is 10.7. The van der Waals surface area contributed by atoms with Gasteiger partial charge in [0, 0.05) is 0 Å². The summed E-state index contributed by atoms with van der Waals surface area (Å²) in [6.45, 7) is -0.0282. The summed E-state index contributed by atoms with van der Waals surface area (Å²) in [7, 11) is 0. The molecule has 3 rings (SSSR count). The van der Waals surface area contributed by atoms with Gasteiger partial charge in [-0.15, -0.1) is 11.3 Å². The fraction of sp³-hybridized carbons (Fsp3) is 0.143. The topological polar surface area (TPSA) is 84.1 Å². The number of nitrogens with zero attached hydrogens (tertiary/aromatic N) is 2. The van der Waals surface area contributed by atoms with Crippen molar-refractivity contribution in [3.8, 4) is 0 Å². The van der Waals surface area contributed by atoms with E-state index in [2.05, 4.69) is 15.3 Å². The second-order valence-electron chi connectivity index (χ2n) is 4.36. The molecular formula is C14H14N4OS. The van der Waals surface area contributed by atoms with E-state index in [1.807, 2.05) is 41.8 Å². The summed E-state index contributed by atoms with van der Waals surface area (Å²) in [5.41, 5.74) is 6.72. The molecule has 0 aliphatic rings. The number of aliphatic hydroxyl groups is 1. The second-order valence-corrected chi connectivity index (χ2v) is 5.25. The van der Waals surface area contributed by atoms with Gasteiger partial charge in [-0.25, -0.2) is 4.98 Å². The van der Waals surface area contributed by atoms with Crippen molar-refractivity contribution >= 4 is 33.3 Å². The maximum atomic E-state index is 9.60. The van der Waals surface area contributed by atoms with Crippen molar-refractivity contribution in [1.82, 2.24) is 9.97 Å². The molecule has 1 aromatic carbocycles. The highest BCUT2D eigenvalue weighted by atomic mass is 32.1. The van der Waals surface area contributed by atoms with E-state index in [0.717, 1.165) is 15.8 Å². The van der Waals surface area contributed by atoms with Crippen LogP contribution in [-0.4, -0.2) is 21.7 Å². The Kier molecular flexibility index (Phi) is 3.49. The van der Waals surface area contributed by atoms with E-state index in [1.165, 1.54) is 11.3 Å². The lowest BCUT2D eigenvalue weighted by atomic mass is 10.1. The van der Waals surface area contributed by atoms with Crippen LogP contribution in [0.2, 0.25) is 0 Å². The van der Waals surface area contributed by atoms with E-state index in [0.29, 0.717) is 5.82 Å². The number of hydrogen-bond donors (Lipinski definition) is 3. The Morgan fingerprint density at radius 1 is 1.20 bits per heavy atom. The van der Waals surface area contributed by atoms with E-state index >= 15 is 0 Å². The number of nitrogen functional groups attached to an aromatic ring is 1. The number of aromatic nitrogens is 2. The van der Waals surface area contributed by atoms with Gasteiger partial charge in [-0.3, -0.25) is 0 Å². The molecule has 0 fully saturated rings. The first-order chi connectivity index (χ1) is 9.78. The summed E-state index contributed by atoms with van der Waals surface area (Å²) in [6.07, 6.45) is 0. The highest BCUT2D eigenvalue weighted by Crippen LogP contribution is 2.28. The van der Waals surface area contributed by atoms with Gasteiger partial charge < -0.3 is 16.2 Å². The maximum absolute atomic E-state index is 9.60. The summed E-state index contributed by atoms with van der Waals surface area (Å²) in [6, 6.07) is 11.5. The predicted molar refractivity (Wildman–Crippen MR) is 81.7 cm³/mol. The Balaban J connectivity index is 1.97. The van der Waals surface area contributed by atoms with Crippen LogP contribution in [0.25, 0.3) is 10.2 Å². The molecule has 0 spiro atoms. The number of hydrogen-bond acceptors (Lipinski definition) is 6. The smallest absolute Gasteiger partial charge is 0.223 e. The van der Waals surface area contributed by atoms with Gasteiger partial charge in [-0.05, 0) is 17.0 Å². The lowest BCUT2D eigenvalue weighted by molar-refractivity contribution is 0.276. The zero-order chi connectivity index (χ0) is 13.9. The molecule has 5 nitrogen and oxygen atoms in total. The van der Waals surface area contributed by atoms with Crippen LogP contribution in [0.5, 0.6) is 0 Å². The fourth-order valence-corrected chi connectivity index (χ4v) is 2.84. The molecule has 2 aromatic heterocycles. The van der Waals surface area contributed by atoms with E-state index in [-0.39, 0.29) is 18.6 Å². The first kappa shape index (κ1) is 12.8. The fourth-order valence-electron chi connectivity index (χ4n) is 2.07. The minimum absolute atomic E-state index is 0.0282. The van der Waals surface area contributed by atoms with Gasteiger partial charge in [0.05, 0.1) is 18.0 Å². The molecular weight excluding hydrogens is 272 g/mol. The first-order valence-electron chi connectivity index (χ1n) is 6.21. The number of nitrogens with one attached hydrogen (secondary N) is 1. The largest absolute Gasteiger partial charge is 0.394 e. The zero-order valence-corrected chi connectivity index (χ0v) is 11.5. The second kappa shape index (κ2) is 5.44. The van der Waals surface area contributed by atoms with Crippen molar-refractivity contribution in [3.05, 3.63) is 47.3 Å². The number of benzene rings is 1. The molecule has 1 unspecified atom stereocenters. The minimum atomic E-state index is -0.228. The molecule has 0 radical (unpaired) electrons. The van der Waals surface area contributed by atoms with Crippen LogP contribution in [0.15, 0.2) is 41.8 Å². The van der Waals surface area contributed by atoms with E-state index in [4.69, 9.17) is 5.73 Å². The third kappa shape index (κ3) is 2.43. The van der Waals surface area contributed by atoms with Gasteiger partial charge in [0.2, 0.25) is 5.95 Å². The quantitative estimate of drug-likeness (QED) is 0.686. The maximum Gasteiger partial charge on any atom is 0.223 e. The van der Waals surface area contributed by atoms with E-state index < -0.39 is 0 Å². The molecule has 6 heteroatoms. The van der Waals surface area contributed by atoms with Crippen LogP contribution >= 0.6 is 11.3 Å². The van der Waals surface area contributed by atoms with Crippen molar-refractivity contribution in [1.29, 1.82) is 0 Å². The third-order valence-electron chi connectivity index (χ3n) is 3.04. The van der Waals surface area contributed by atoms with Gasteiger partial charge in [0.1, 0.15) is 10.6 Å². The Morgan fingerprint density at radius 2 is 2.00 bits per heavy atom. The number of anilines is 2. The predicted octanol–water partition coefficient (Wildman–Crippen LogP) is 2.42. The highest BCUT2D eigenvalue weighted by Gasteiger charge is 2.14. The number of fused-ring (bicyclic) bond motifs is 1. The average Bonchev–Trinajstić information content (AvgIpc) is 2.93. The molecule has 2 heterocycles. The number of thiophene rings is 1. The average molecular weight is 286 g/mol. The molecule has 20 heavy (non-hydrogen) atoms. The Morgan fingerprint density at radius 3 is 2.75 bits per heavy atom. The van der Waals surface area contributed by atoms with Crippen LogP contribution < -0.4 is 11.1 Å². The molecule has 0 bridgehead atoms. The molecule has 0 saturated carbocycles. The Hall–Kier alpha value is -2.18. The SMILES string of the molecule is Nc1nc(NC(CO)c2ccccc2)c2ccsc2n1. The van der Waals surface area contributed by atoms with Gasteiger partial charge in [-0.1, -0.05) is 30.3 Å². The normalized spacial score (nSPS) is 12.4. The molecule has 3 aromatic rings. The lowest BCUT2D eigenvalue weighted by Crippen LogP contribution is -2.16. The van der Waals surface area contributed by atoms with E-state index in [9.17, 15) is 5.11 Å². The molecule has 0 amide bonds. The van der Waals surface area contributed by atoms with Crippen LogP contribution in [0, 0.1) is 0 Å². The van der Waals surface area contributed by atoms with Crippen LogP contribution in [0.4, 0.5) is 11.8 Å². The molecule has 102 valence electrons. The minimum Gasteiger partial charge on any atom is -0.394 e. The molecule has 0 aliphatic heterocycles. The van der Waals surface area contributed by atoms with Crippen LogP contribution in [0.1, 0.15) is 11.6 Å². The molecule has 0 aliphatic carbocycles. The number of rotatable bonds is 4. The molecule has 1 atom stereocenters. The van der Waals surface area contributed by atoms with Crippen molar-refractivity contribution in [2.45, 2.75) is 6.04 Å². The lowest BCUT2D eigenvalue weighted by Gasteiger charge is -2.18. The first-order valence-corrected chi connectivity index (χ1v) is 7.09. The molecule has 0 saturated heterocycles. The third-order valence-corrected chi connectivity index (χ3v) is 3.84. The summed E-state index contributed by atoms with van der Waals surface area (Å²) in [5, 5.41) is 15.7. The number of aliphatic hydroxyl groups excluding tert-OH is 1. The Bertz CT molecular complexity index is 714. The highest BCUT2D eigenvalue weighted by molar-refractivity contribution is 7.16. The monoisotopic (exact) mass is 286 g/mol. The summed E-state index contributed by atoms with van der Waals surface area (Å²) in [5.74, 6) is 0.879. The summed E-state index contributed by atoms with van der Waals surface area (Å²) in [4.78, 5) is 9.26. The van der Waals surface area contributed by atoms with Crippen LogP contribution in [-0.2, 0) is 0 Å². The van der Waals surface area contributed by atoms with Crippen LogP contribution in [0.3, 0.4) is 0 Å².